The number of rotatable bonds is 3. The van der Waals surface area contributed by atoms with Crippen LogP contribution < -0.4 is 10.1 Å². The van der Waals surface area contributed by atoms with Crippen LogP contribution in [-0.4, -0.2) is 18.8 Å². The number of benzene rings is 2. The molecule has 0 saturated heterocycles. The molecular formula is C23H27NO3. The van der Waals surface area contributed by atoms with Gasteiger partial charge in [0.1, 0.15) is 11.5 Å². The van der Waals surface area contributed by atoms with Gasteiger partial charge in [0.25, 0.3) is 5.91 Å². The molecule has 2 aromatic carbocycles. The summed E-state index contributed by atoms with van der Waals surface area (Å²) in [5.41, 5.74) is 4.42. The molecule has 0 atom stereocenters. The van der Waals surface area contributed by atoms with Crippen LogP contribution in [0.2, 0.25) is 0 Å². The van der Waals surface area contributed by atoms with Gasteiger partial charge in [0.15, 0.2) is 0 Å². The minimum absolute atomic E-state index is 0.0370. The van der Waals surface area contributed by atoms with Crippen molar-refractivity contribution in [2.45, 2.75) is 51.9 Å². The molecule has 2 aromatic rings. The number of Topliss-reactive ketones (excluding diaryl/α,β-unsaturated/α-hetero) is 1. The van der Waals surface area contributed by atoms with E-state index in [1.807, 2.05) is 36.4 Å². The van der Waals surface area contributed by atoms with Gasteiger partial charge in [-0.25, -0.2) is 0 Å². The van der Waals surface area contributed by atoms with E-state index in [2.05, 4.69) is 26.1 Å². The molecule has 1 N–H and O–H groups in total. The summed E-state index contributed by atoms with van der Waals surface area (Å²) in [6.45, 7) is 6.43. The molecule has 1 aliphatic carbocycles. The van der Waals surface area contributed by atoms with Gasteiger partial charge in [-0.15, -0.1) is 0 Å². The number of fused-ring (bicyclic) bond motifs is 1. The van der Waals surface area contributed by atoms with E-state index in [0.717, 1.165) is 24.0 Å². The smallest absolute Gasteiger partial charge is 0.255 e. The third-order valence-electron chi connectivity index (χ3n) is 5.12. The van der Waals surface area contributed by atoms with Gasteiger partial charge in [0.2, 0.25) is 0 Å². The Kier molecular flexibility index (Phi) is 5.36. The minimum Gasteiger partial charge on any atom is -0.495 e. The number of ketones is 1. The van der Waals surface area contributed by atoms with Crippen molar-refractivity contribution in [1.82, 2.24) is 0 Å². The van der Waals surface area contributed by atoms with Crippen LogP contribution in [0.3, 0.4) is 0 Å². The Hall–Kier alpha value is -2.62. The topological polar surface area (TPSA) is 55.4 Å². The predicted molar refractivity (Wildman–Crippen MR) is 108 cm³/mol. The van der Waals surface area contributed by atoms with Gasteiger partial charge in [-0.1, -0.05) is 39.0 Å². The summed E-state index contributed by atoms with van der Waals surface area (Å²) in [5.74, 6) is 0.592. The highest BCUT2D eigenvalue weighted by atomic mass is 16.5. The number of hydrogen-bond acceptors (Lipinski definition) is 3. The molecule has 1 aliphatic rings. The van der Waals surface area contributed by atoms with Crippen molar-refractivity contribution in [2.75, 3.05) is 12.4 Å². The van der Waals surface area contributed by atoms with Crippen molar-refractivity contribution in [2.24, 2.45) is 0 Å². The minimum atomic E-state index is -0.196. The van der Waals surface area contributed by atoms with E-state index in [0.29, 0.717) is 29.8 Å². The molecule has 142 valence electrons. The van der Waals surface area contributed by atoms with E-state index < -0.39 is 0 Å². The molecule has 4 nitrogen and oxygen atoms in total. The van der Waals surface area contributed by atoms with Gasteiger partial charge < -0.3 is 10.1 Å². The number of methoxy groups -OCH3 is 1. The Morgan fingerprint density at radius 1 is 1.04 bits per heavy atom. The SMILES string of the molecule is COc1ccc2c(c1NC(=O)c1ccc(C(C)(C)C)cc1)CC(=O)CCC2. The number of anilines is 1. The number of nitrogens with one attached hydrogen (secondary N) is 1. The summed E-state index contributed by atoms with van der Waals surface area (Å²) in [6, 6.07) is 11.5. The van der Waals surface area contributed by atoms with Crippen molar-refractivity contribution in [1.29, 1.82) is 0 Å². The Morgan fingerprint density at radius 2 is 1.74 bits per heavy atom. The van der Waals surface area contributed by atoms with E-state index in [1.165, 1.54) is 5.56 Å². The van der Waals surface area contributed by atoms with Crippen LogP contribution in [0.25, 0.3) is 0 Å². The first-order valence-corrected chi connectivity index (χ1v) is 9.42. The first-order valence-electron chi connectivity index (χ1n) is 9.42. The van der Waals surface area contributed by atoms with Gasteiger partial charge in [0.05, 0.1) is 12.8 Å². The van der Waals surface area contributed by atoms with Crippen LogP contribution >= 0.6 is 0 Å². The van der Waals surface area contributed by atoms with E-state index in [9.17, 15) is 9.59 Å². The molecule has 1 amide bonds. The van der Waals surface area contributed by atoms with Crippen LogP contribution in [0, 0.1) is 0 Å². The highest BCUT2D eigenvalue weighted by Gasteiger charge is 2.22. The zero-order chi connectivity index (χ0) is 19.6. The van der Waals surface area contributed by atoms with Crippen LogP contribution in [0.15, 0.2) is 36.4 Å². The van der Waals surface area contributed by atoms with Gasteiger partial charge in [-0.3, -0.25) is 9.59 Å². The van der Waals surface area contributed by atoms with Crippen LogP contribution in [0.1, 0.15) is 60.7 Å². The number of hydrogen-bond donors (Lipinski definition) is 1. The van der Waals surface area contributed by atoms with Gasteiger partial charge in [-0.2, -0.15) is 0 Å². The molecule has 0 unspecified atom stereocenters. The van der Waals surface area contributed by atoms with Crippen molar-refractivity contribution < 1.29 is 14.3 Å². The number of amides is 1. The molecule has 0 spiro atoms. The second-order valence-corrected chi connectivity index (χ2v) is 8.13. The fraction of sp³-hybridized carbons (Fsp3) is 0.391. The van der Waals surface area contributed by atoms with Crippen LogP contribution in [0.4, 0.5) is 5.69 Å². The fourth-order valence-corrected chi connectivity index (χ4v) is 3.48. The Balaban J connectivity index is 1.92. The summed E-state index contributed by atoms with van der Waals surface area (Å²) < 4.78 is 5.46. The van der Waals surface area contributed by atoms with Gasteiger partial charge in [0, 0.05) is 18.4 Å². The molecule has 0 saturated carbocycles. The van der Waals surface area contributed by atoms with E-state index >= 15 is 0 Å². The summed E-state index contributed by atoms with van der Waals surface area (Å²) in [7, 11) is 1.58. The number of ether oxygens (including phenoxy) is 1. The summed E-state index contributed by atoms with van der Waals surface area (Å²) >= 11 is 0. The highest BCUT2D eigenvalue weighted by Crippen LogP contribution is 2.34. The zero-order valence-electron chi connectivity index (χ0n) is 16.5. The molecular weight excluding hydrogens is 338 g/mol. The maximum atomic E-state index is 12.8. The second kappa shape index (κ2) is 7.55. The first kappa shape index (κ1) is 19.2. The lowest BCUT2D eigenvalue weighted by Gasteiger charge is -2.19. The third kappa shape index (κ3) is 4.21. The normalized spacial score (nSPS) is 14.3. The number of aryl methyl sites for hydroxylation is 1. The third-order valence-corrected chi connectivity index (χ3v) is 5.12. The molecule has 4 heteroatoms. The Labute approximate surface area is 160 Å². The maximum absolute atomic E-state index is 12.8. The molecule has 27 heavy (non-hydrogen) atoms. The van der Waals surface area contributed by atoms with E-state index in [1.54, 1.807) is 7.11 Å². The standard InChI is InChI=1S/C23H27NO3/c1-23(2,3)17-11-8-16(9-12-17)22(26)24-21-19-14-18(25)7-5-6-15(19)10-13-20(21)27-4/h8-13H,5-7,14H2,1-4H3,(H,24,26). The zero-order valence-corrected chi connectivity index (χ0v) is 16.5. The van der Waals surface area contributed by atoms with Crippen molar-refractivity contribution in [3.63, 3.8) is 0 Å². The second-order valence-electron chi connectivity index (χ2n) is 8.13. The van der Waals surface area contributed by atoms with Crippen molar-refractivity contribution in [3.05, 3.63) is 58.7 Å². The quantitative estimate of drug-likeness (QED) is 0.803. The van der Waals surface area contributed by atoms with Crippen molar-refractivity contribution in [3.8, 4) is 5.75 Å². The van der Waals surface area contributed by atoms with Crippen LogP contribution in [0.5, 0.6) is 5.75 Å². The summed E-state index contributed by atoms with van der Waals surface area (Å²) in [5, 5.41) is 3.00. The average Bonchev–Trinajstić information content (AvgIpc) is 2.82. The lowest BCUT2D eigenvalue weighted by atomic mass is 9.86. The monoisotopic (exact) mass is 365 g/mol. The van der Waals surface area contributed by atoms with Crippen molar-refractivity contribution >= 4 is 17.4 Å². The summed E-state index contributed by atoms with van der Waals surface area (Å²) in [6.07, 6.45) is 2.61. The molecule has 0 aliphatic heterocycles. The predicted octanol–water partition coefficient (Wildman–Crippen LogP) is 4.69. The molecule has 0 bridgehead atoms. The largest absolute Gasteiger partial charge is 0.495 e. The van der Waals surface area contributed by atoms with Crippen LogP contribution in [-0.2, 0) is 23.1 Å². The summed E-state index contributed by atoms with van der Waals surface area (Å²) in [4.78, 5) is 25.0. The Bertz CT molecular complexity index is 860. The lowest BCUT2D eigenvalue weighted by molar-refractivity contribution is -0.118. The van der Waals surface area contributed by atoms with Gasteiger partial charge >= 0.3 is 0 Å². The maximum Gasteiger partial charge on any atom is 0.255 e. The number of carbonyl (C=O) groups excluding carboxylic acids is 2. The average molecular weight is 365 g/mol. The fourth-order valence-electron chi connectivity index (χ4n) is 3.48. The molecule has 0 aromatic heterocycles. The molecule has 0 heterocycles. The van der Waals surface area contributed by atoms with E-state index in [4.69, 9.17) is 4.74 Å². The number of carbonyl (C=O) groups is 2. The Morgan fingerprint density at radius 3 is 2.37 bits per heavy atom. The molecule has 0 radical (unpaired) electrons. The van der Waals surface area contributed by atoms with E-state index in [-0.39, 0.29) is 17.1 Å². The lowest BCUT2D eigenvalue weighted by Crippen LogP contribution is -2.17. The molecule has 3 rings (SSSR count). The first-order chi connectivity index (χ1) is 12.8. The highest BCUT2D eigenvalue weighted by molar-refractivity contribution is 6.06. The van der Waals surface area contributed by atoms with Gasteiger partial charge in [-0.05, 0) is 53.1 Å². The molecule has 0 fully saturated rings.